The lowest BCUT2D eigenvalue weighted by Gasteiger charge is -2.08. The first-order valence-corrected chi connectivity index (χ1v) is 8.86. The van der Waals surface area contributed by atoms with E-state index in [1.54, 1.807) is 6.07 Å². The van der Waals surface area contributed by atoms with Crippen molar-refractivity contribution in [2.24, 2.45) is 0 Å². The topological polar surface area (TPSA) is 73.1 Å². The van der Waals surface area contributed by atoms with Gasteiger partial charge in [-0.1, -0.05) is 42.5 Å². The third kappa shape index (κ3) is 4.18. The molecule has 0 spiro atoms. The lowest BCUT2D eigenvalue weighted by Crippen LogP contribution is -2.18. The smallest absolute Gasteiger partial charge is 0.146 e. The Morgan fingerprint density at radius 1 is 0.962 bits per heavy atom. The fourth-order valence-electron chi connectivity index (χ4n) is 3.04. The Hall–Kier alpha value is -2.92. The zero-order chi connectivity index (χ0) is 17.8. The van der Waals surface area contributed by atoms with E-state index in [0.29, 0.717) is 30.9 Å². The molecule has 132 valence electrons. The van der Waals surface area contributed by atoms with Gasteiger partial charge >= 0.3 is 0 Å². The number of ether oxygens (including phenoxy) is 1. The first-order chi connectivity index (χ1) is 12.8. The summed E-state index contributed by atoms with van der Waals surface area (Å²) in [5.74, 6) is 1.91. The van der Waals surface area contributed by atoms with E-state index in [1.807, 2.05) is 24.3 Å². The molecule has 2 aromatic carbocycles. The summed E-state index contributed by atoms with van der Waals surface area (Å²) in [6.07, 6.45) is 1.15. The van der Waals surface area contributed by atoms with Crippen LogP contribution in [0.25, 0.3) is 0 Å². The highest BCUT2D eigenvalue weighted by atomic mass is 16.5. The van der Waals surface area contributed by atoms with Crippen molar-refractivity contribution in [1.29, 1.82) is 0 Å². The number of aromatic nitrogens is 2. The molecule has 5 heteroatoms. The molecule has 4 rings (SSSR count). The number of hydrogen-bond acceptors (Lipinski definition) is 5. The van der Waals surface area contributed by atoms with E-state index >= 15 is 0 Å². The van der Waals surface area contributed by atoms with Crippen molar-refractivity contribution in [1.82, 2.24) is 15.5 Å². The van der Waals surface area contributed by atoms with E-state index in [0.717, 1.165) is 17.9 Å². The van der Waals surface area contributed by atoms with Crippen LogP contribution in [0.4, 0.5) is 5.82 Å². The average molecular weight is 346 g/mol. The number of nitrogens with zero attached hydrogens (tertiary/aromatic N) is 2. The quantitative estimate of drug-likeness (QED) is 0.687. The molecule has 3 aromatic rings. The maximum absolute atomic E-state index is 5.85. The average Bonchev–Trinajstić information content (AvgIpc) is 3.47. The van der Waals surface area contributed by atoms with Crippen LogP contribution in [0.15, 0.2) is 66.7 Å². The van der Waals surface area contributed by atoms with E-state index in [4.69, 9.17) is 10.5 Å². The summed E-state index contributed by atoms with van der Waals surface area (Å²) in [4.78, 5) is 0. The highest BCUT2D eigenvalue weighted by Gasteiger charge is 2.37. The third-order valence-corrected chi connectivity index (χ3v) is 4.63. The molecule has 1 aromatic heterocycles. The number of nitrogen functional groups attached to an aromatic ring is 1. The molecule has 1 fully saturated rings. The summed E-state index contributed by atoms with van der Waals surface area (Å²) in [7, 11) is 0. The van der Waals surface area contributed by atoms with Gasteiger partial charge < -0.3 is 15.8 Å². The van der Waals surface area contributed by atoms with Crippen molar-refractivity contribution < 1.29 is 4.74 Å². The minimum atomic E-state index is 0.452. The van der Waals surface area contributed by atoms with E-state index in [1.165, 1.54) is 11.1 Å². The van der Waals surface area contributed by atoms with Crippen LogP contribution in [-0.2, 0) is 13.2 Å². The molecular formula is C21H22N4O. The summed E-state index contributed by atoms with van der Waals surface area (Å²) in [5, 5.41) is 11.5. The second-order valence-electron chi connectivity index (χ2n) is 6.62. The van der Waals surface area contributed by atoms with Gasteiger partial charge in [0, 0.05) is 18.5 Å². The zero-order valence-corrected chi connectivity index (χ0v) is 14.5. The molecule has 0 saturated heterocycles. The molecule has 0 amide bonds. The summed E-state index contributed by atoms with van der Waals surface area (Å²) in [5.41, 5.74) is 8.99. The highest BCUT2D eigenvalue weighted by molar-refractivity contribution is 5.34. The van der Waals surface area contributed by atoms with Gasteiger partial charge in [-0.05, 0) is 41.8 Å². The maximum Gasteiger partial charge on any atom is 0.146 e. The van der Waals surface area contributed by atoms with Crippen LogP contribution in [0, 0.1) is 0 Å². The van der Waals surface area contributed by atoms with Crippen molar-refractivity contribution in [2.75, 3.05) is 5.73 Å². The Morgan fingerprint density at radius 3 is 2.50 bits per heavy atom. The second-order valence-corrected chi connectivity index (χ2v) is 6.62. The molecule has 0 aliphatic heterocycles. The van der Waals surface area contributed by atoms with Gasteiger partial charge in [-0.3, -0.25) is 0 Å². The van der Waals surface area contributed by atoms with Crippen molar-refractivity contribution in [2.45, 2.75) is 31.5 Å². The molecule has 1 aliphatic rings. The van der Waals surface area contributed by atoms with Crippen molar-refractivity contribution in [3.05, 3.63) is 83.6 Å². The van der Waals surface area contributed by atoms with E-state index in [-0.39, 0.29) is 0 Å². The monoisotopic (exact) mass is 346 g/mol. The number of hydrogen-bond donors (Lipinski definition) is 2. The number of rotatable bonds is 7. The first-order valence-electron chi connectivity index (χ1n) is 8.86. The number of anilines is 1. The lowest BCUT2D eigenvalue weighted by molar-refractivity contribution is 0.306. The third-order valence-electron chi connectivity index (χ3n) is 4.63. The molecule has 2 atom stereocenters. The Labute approximate surface area is 153 Å². The van der Waals surface area contributed by atoms with Crippen molar-refractivity contribution in [3.8, 4) is 5.75 Å². The second kappa shape index (κ2) is 7.54. The predicted octanol–water partition coefficient (Wildman–Crippen LogP) is 3.28. The molecule has 0 bridgehead atoms. The first kappa shape index (κ1) is 16.5. The Morgan fingerprint density at radius 2 is 1.77 bits per heavy atom. The predicted molar refractivity (Wildman–Crippen MR) is 102 cm³/mol. The van der Waals surface area contributed by atoms with Crippen LogP contribution in [-0.4, -0.2) is 16.2 Å². The van der Waals surface area contributed by atoms with E-state index < -0.39 is 0 Å². The Kier molecular flexibility index (Phi) is 4.80. The summed E-state index contributed by atoms with van der Waals surface area (Å²) in [6.45, 7) is 1.31. The fraction of sp³-hybridized carbons (Fsp3) is 0.238. The minimum Gasteiger partial charge on any atom is -0.489 e. The van der Waals surface area contributed by atoms with Crippen LogP contribution in [0.2, 0.25) is 0 Å². The molecule has 0 radical (unpaired) electrons. The van der Waals surface area contributed by atoms with E-state index in [2.05, 4.69) is 51.9 Å². The number of nitrogens with two attached hydrogens (primary N) is 1. The van der Waals surface area contributed by atoms with Gasteiger partial charge in [0.05, 0.1) is 5.69 Å². The summed E-state index contributed by atoms with van der Waals surface area (Å²) < 4.78 is 5.85. The Balaban J connectivity index is 1.26. The fourth-order valence-corrected chi connectivity index (χ4v) is 3.04. The van der Waals surface area contributed by atoms with Gasteiger partial charge in [-0.25, -0.2) is 0 Å². The van der Waals surface area contributed by atoms with E-state index in [9.17, 15) is 0 Å². The molecule has 5 nitrogen and oxygen atoms in total. The SMILES string of the molecule is Nc1ccc(CN[C@H]2C[C@@H]2c2ccc(OCc3ccccc3)cc2)nn1. The van der Waals surface area contributed by atoms with Gasteiger partial charge in [0.15, 0.2) is 0 Å². The Bertz CT molecular complexity index is 834. The minimum absolute atomic E-state index is 0.452. The molecule has 1 heterocycles. The van der Waals surface area contributed by atoms with Crippen LogP contribution < -0.4 is 15.8 Å². The highest BCUT2D eigenvalue weighted by Crippen LogP contribution is 2.41. The van der Waals surface area contributed by atoms with Crippen LogP contribution in [0.1, 0.15) is 29.2 Å². The van der Waals surface area contributed by atoms with Crippen molar-refractivity contribution in [3.63, 3.8) is 0 Å². The molecular weight excluding hydrogens is 324 g/mol. The van der Waals surface area contributed by atoms with Gasteiger partial charge in [-0.15, -0.1) is 5.10 Å². The standard InChI is InChI=1S/C21H22N4O/c22-21-11-8-17(24-25-21)13-23-20-12-19(20)16-6-9-18(10-7-16)26-14-15-4-2-1-3-5-15/h1-11,19-20,23H,12-14H2,(H2,22,25)/t19-,20+/m1/s1. The lowest BCUT2D eigenvalue weighted by atomic mass is 10.1. The van der Waals surface area contributed by atoms with Gasteiger partial charge in [-0.2, -0.15) is 5.10 Å². The normalized spacial score (nSPS) is 18.5. The van der Waals surface area contributed by atoms with Crippen LogP contribution in [0.3, 0.4) is 0 Å². The maximum atomic E-state index is 5.85. The molecule has 3 N–H and O–H groups in total. The molecule has 1 saturated carbocycles. The van der Waals surface area contributed by atoms with Gasteiger partial charge in [0.25, 0.3) is 0 Å². The molecule has 0 unspecified atom stereocenters. The van der Waals surface area contributed by atoms with Gasteiger partial charge in [0.2, 0.25) is 0 Å². The summed E-state index contributed by atoms with van der Waals surface area (Å²) in [6, 6.07) is 22.8. The van der Waals surface area contributed by atoms with Crippen LogP contribution in [0.5, 0.6) is 5.75 Å². The zero-order valence-electron chi connectivity index (χ0n) is 14.5. The van der Waals surface area contributed by atoms with Crippen LogP contribution >= 0.6 is 0 Å². The van der Waals surface area contributed by atoms with Crippen molar-refractivity contribution >= 4 is 5.82 Å². The number of nitrogens with one attached hydrogen (secondary N) is 1. The largest absolute Gasteiger partial charge is 0.489 e. The summed E-state index contributed by atoms with van der Waals surface area (Å²) >= 11 is 0. The molecule has 26 heavy (non-hydrogen) atoms. The number of benzene rings is 2. The molecule has 1 aliphatic carbocycles. The van der Waals surface area contributed by atoms with Gasteiger partial charge in [0.1, 0.15) is 18.2 Å².